The minimum atomic E-state index is -0.567. The Balaban J connectivity index is 1.79. The molecule has 0 saturated heterocycles. The van der Waals surface area contributed by atoms with Crippen LogP contribution >= 0.6 is 0 Å². The molecule has 0 atom stereocenters. The van der Waals surface area contributed by atoms with Crippen molar-refractivity contribution in [3.05, 3.63) is 29.6 Å². The summed E-state index contributed by atoms with van der Waals surface area (Å²) in [6.07, 6.45) is 2.46. The third-order valence-corrected chi connectivity index (χ3v) is 2.42. The van der Waals surface area contributed by atoms with Gasteiger partial charge < -0.3 is 9.47 Å². The van der Waals surface area contributed by atoms with Crippen molar-refractivity contribution in [1.29, 1.82) is 5.26 Å². The molecule has 0 spiro atoms. The molecule has 2 rings (SSSR count). The van der Waals surface area contributed by atoms with Crippen LogP contribution in [-0.4, -0.2) is 13.4 Å². The number of nitriles is 1. The lowest BCUT2D eigenvalue weighted by Crippen LogP contribution is -2.05. The molecular weight excluding hydrogens is 209 g/mol. The molecule has 1 saturated carbocycles. The first-order chi connectivity index (χ1) is 7.79. The molecule has 0 bridgehead atoms. The third-order valence-electron chi connectivity index (χ3n) is 2.42. The normalized spacial score (nSPS) is 14.5. The standard InChI is InChI=1S/C12H12FNO2/c13-12-5-11(4-3-10(12)6-14)16-8-15-7-9-1-2-9/h3-5,9H,1-2,7-8H2. The Hall–Kier alpha value is -1.60. The van der Waals surface area contributed by atoms with Crippen molar-refractivity contribution in [1.82, 2.24) is 0 Å². The number of rotatable bonds is 5. The summed E-state index contributed by atoms with van der Waals surface area (Å²) in [5, 5.41) is 8.54. The van der Waals surface area contributed by atoms with Crippen molar-refractivity contribution < 1.29 is 13.9 Å². The fourth-order valence-electron chi connectivity index (χ4n) is 1.29. The van der Waals surface area contributed by atoms with E-state index >= 15 is 0 Å². The minimum absolute atomic E-state index is 0.0197. The molecule has 0 aliphatic heterocycles. The van der Waals surface area contributed by atoms with E-state index in [1.807, 2.05) is 0 Å². The van der Waals surface area contributed by atoms with Crippen LogP contribution in [0.2, 0.25) is 0 Å². The van der Waals surface area contributed by atoms with E-state index < -0.39 is 5.82 Å². The maximum atomic E-state index is 13.2. The van der Waals surface area contributed by atoms with Crippen molar-refractivity contribution in [3.63, 3.8) is 0 Å². The number of benzene rings is 1. The first-order valence-corrected chi connectivity index (χ1v) is 5.20. The first-order valence-electron chi connectivity index (χ1n) is 5.20. The van der Waals surface area contributed by atoms with Crippen molar-refractivity contribution in [2.24, 2.45) is 5.92 Å². The predicted molar refractivity (Wildman–Crippen MR) is 55.3 cm³/mol. The number of hydrogen-bond acceptors (Lipinski definition) is 3. The zero-order valence-corrected chi connectivity index (χ0v) is 8.78. The summed E-state index contributed by atoms with van der Waals surface area (Å²) in [7, 11) is 0. The molecule has 1 aromatic carbocycles. The van der Waals surface area contributed by atoms with E-state index in [-0.39, 0.29) is 12.4 Å². The Labute approximate surface area is 93.4 Å². The van der Waals surface area contributed by atoms with Gasteiger partial charge in [-0.25, -0.2) is 4.39 Å². The average Bonchev–Trinajstić information content (AvgIpc) is 3.08. The second-order valence-electron chi connectivity index (χ2n) is 3.83. The highest BCUT2D eigenvalue weighted by Crippen LogP contribution is 2.28. The molecule has 0 N–H and O–H groups in total. The lowest BCUT2D eigenvalue weighted by molar-refractivity contribution is 0.00983. The van der Waals surface area contributed by atoms with E-state index in [2.05, 4.69) is 0 Å². The molecule has 1 aromatic rings. The molecule has 1 aliphatic carbocycles. The molecule has 1 fully saturated rings. The quantitative estimate of drug-likeness (QED) is 0.566. The summed E-state index contributed by atoms with van der Waals surface area (Å²) >= 11 is 0. The van der Waals surface area contributed by atoms with Crippen LogP contribution in [0.5, 0.6) is 5.75 Å². The Bertz CT molecular complexity index is 410. The fourth-order valence-corrected chi connectivity index (χ4v) is 1.29. The predicted octanol–water partition coefficient (Wildman–Crippen LogP) is 2.46. The molecule has 1 aliphatic rings. The summed E-state index contributed by atoms with van der Waals surface area (Å²) < 4.78 is 23.6. The molecule has 84 valence electrons. The van der Waals surface area contributed by atoms with Crippen LogP contribution < -0.4 is 4.74 Å². The smallest absolute Gasteiger partial charge is 0.189 e. The largest absolute Gasteiger partial charge is 0.467 e. The Morgan fingerprint density at radius 1 is 1.44 bits per heavy atom. The summed E-state index contributed by atoms with van der Waals surface area (Å²) in [5.74, 6) is 0.496. The van der Waals surface area contributed by atoms with Crippen molar-refractivity contribution in [3.8, 4) is 11.8 Å². The van der Waals surface area contributed by atoms with Gasteiger partial charge in [0.05, 0.1) is 12.2 Å². The van der Waals surface area contributed by atoms with Gasteiger partial charge in [0.1, 0.15) is 17.6 Å². The first kappa shape index (κ1) is 10.9. The molecule has 16 heavy (non-hydrogen) atoms. The highest BCUT2D eigenvalue weighted by atomic mass is 19.1. The Morgan fingerprint density at radius 2 is 2.25 bits per heavy atom. The van der Waals surface area contributed by atoms with Crippen LogP contribution in [0.25, 0.3) is 0 Å². The van der Waals surface area contributed by atoms with Crippen LogP contribution in [0.1, 0.15) is 18.4 Å². The van der Waals surface area contributed by atoms with Crippen molar-refractivity contribution in [2.45, 2.75) is 12.8 Å². The van der Waals surface area contributed by atoms with Gasteiger partial charge in [-0.15, -0.1) is 0 Å². The van der Waals surface area contributed by atoms with E-state index in [1.54, 1.807) is 12.1 Å². The molecule has 0 amide bonds. The van der Waals surface area contributed by atoms with Crippen LogP contribution in [0.4, 0.5) is 4.39 Å². The third kappa shape index (κ3) is 2.94. The Morgan fingerprint density at radius 3 is 2.88 bits per heavy atom. The van der Waals surface area contributed by atoms with Gasteiger partial charge >= 0.3 is 0 Å². The number of halogens is 1. The van der Waals surface area contributed by atoms with Gasteiger partial charge in [-0.1, -0.05) is 0 Å². The van der Waals surface area contributed by atoms with Gasteiger partial charge in [0, 0.05) is 6.07 Å². The zero-order valence-electron chi connectivity index (χ0n) is 8.78. The van der Waals surface area contributed by atoms with Gasteiger partial charge in [-0.05, 0) is 30.9 Å². The van der Waals surface area contributed by atoms with Gasteiger partial charge in [-0.2, -0.15) is 5.26 Å². The fraction of sp³-hybridized carbons (Fsp3) is 0.417. The van der Waals surface area contributed by atoms with Gasteiger partial charge in [0.2, 0.25) is 0 Å². The van der Waals surface area contributed by atoms with Crippen LogP contribution in [0.15, 0.2) is 18.2 Å². The highest BCUT2D eigenvalue weighted by Gasteiger charge is 2.21. The van der Waals surface area contributed by atoms with E-state index in [9.17, 15) is 4.39 Å². The zero-order chi connectivity index (χ0) is 11.4. The van der Waals surface area contributed by atoms with Crippen molar-refractivity contribution >= 4 is 0 Å². The molecule has 3 nitrogen and oxygen atoms in total. The topological polar surface area (TPSA) is 42.2 Å². The lowest BCUT2D eigenvalue weighted by atomic mass is 10.2. The molecular formula is C12H12FNO2. The van der Waals surface area contributed by atoms with E-state index in [0.717, 1.165) is 0 Å². The summed E-state index contributed by atoms with van der Waals surface area (Å²) in [6, 6.07) is 5.90. The van der Waals surface area contributed by atoms with Crippen molar-refractivity contribution in [2.75, 3.05) is 13.4 Å². The maximum absolute atomic E-state index is 13.2. The summed E-state index contributed by atoms with van der Waals surface area (Å²) in [6.45, 7) is 0.834. The van der Waals surface area contributed by atoms with E-state index in [0.29, 0.717) is 18.3 Å². The molecule has 0 unspecified atom stereocenters. The van der Waals surface area contributed by atoms with Gasteiger partial charge in [-0.3, -0.25) is 0 Å². The molecule has 4 heteroatoms. The van der Waals surface area contributed by atoms with Gasteiger partial charge in [0.15, 0.2) is 6.79 Å². The molecule has 0 radical (unpaired) electrons. The van der Waals surface area contributed by atoms with Crippen LogP contribution in [0, 0.1) is 23.1 Å². The average molecular weight is 221 g/mol. The second-order valence-corrected chi connectivity index (χ2v) is 3.83. The minimum Gasteiger partial charge on any atom is -0.467 e. The van der Waals surface area contributed by atoms with E-state index in [4.69, 9.17) is 14.7 Å². The lowest BCUT2D eigenvalue weighted by Gasteiger charge is -2.06. The SMILES string of the molecule is N#Cc1ccc(OCOCC2CC2)cc1F. The Kier molecular flexibility index (Phi) is 3.37. The van der Waals surface area contributed by atoms with Gasteiger partial charge in [0.25, 0.3) is 0 Å². The molecule has 0 heterocycles. The summed E-state index contributed by atoms with van der Waals surface area (Å²) in [5.41, 5.74) is 0.0197. The number of nitrogens with zero attached hydrogens (tertiary/aromatic N) is 1. The summed E-state index contributed by atoms with van der Waals surface area (Å²) in [4.78, 5) is 0. The maximum Gasteiger partial charge on any atom is 0.189 e. The van der Waals surface area contributed by atoms with Crippen LogP contribution in [0.3, 0.4) is 0 Å². The van der Waals surface area contributed by atoms with E-state index in [1.165, 1.54) is 25.0 Å². The monoisotopic (exact) mass is 221 g/mol. The number of ether oxygens (including phenoxy) is 2. The molecule has 0 aromatic heterocycles. The highest BCUT2D eigenvalue weighted by molar-refractivity contribution is 5.36. The van der Waals surface area contributed by atoms with Crippen LogP contribution in [-0.2, 0) is 4.74 Å². The number of hydrogen-bond donors (Lipinski definition) is 0. The second kappa shape index (κ2) is 4.95.